The molecule has 90 valence electrons. The molecule has 16 heavy (non-hydrogen) atoms. The van der Waals surface area contributed by atoms with Gasteiger partial charge in [-0.15, -0.1) is 0 Å². The summed E-state index contributed by atoms with van der Waals surface area (Å²) in [5, 5.41) is 12.8. The molecular formula is C10H16ClN3OS. The summed E-state index contributed by atoms with van der Waals surface area (Å²) in [4.78, 5) is 8.18. The van der Waals surface area contributed by atoms with E-state index in [4.69, 9.17) is 11.6 Å². The Bertz CT molecular complexity index is 338. The SMILES string of the molecule is CSCC[C@@H](CO)Nc1nc(C)ncc1Cl. The van der Waals surface area contributed by atoms with E-state index in [0.717, 1.165) is 12.2 Å². The minimum atomic E-state index is -0.0146. The minimum absolute atomic E-state index is 0.0146. The average Bonchev–Trinajstić information content (AvgIpc) is 2.28. The number of hydrogen-bond donors (Lipinski definition) is 2. The van der Waals surface area contributed by atoms with Crippen molar-refractivity contribution in [3.8, 4) is 0 Å². The molecule has 1 rings (SSSR count). The van der Waals surface area contributed by atoms with Crippen LogP contribution in [0.4, 0.5) is 5.82 Å². The Kier molecular flexibility index (Phi) is 5.87. The molecule has 1 aromatic rings. The second-order valence-corrected chi connectivity index (χ2v) is 4.81. The first kappa shape index (κ1) is 13.5. The molecule has 0 aliphatic carbocycles. The maximum absolute atomic E-state index is 9.22. The van der Waals surface area contributed by atoms with Crippen molar-refractivity contribution in [1.82, 2.24) is 9.97 Å². The normalized spacial score (nSPS) is 12.5. The Hall–Kier alpha value is -0.520. The smallest absolute Gasteiger partial charge is 0.148 e. The number of nitrogens with zero attached hydrogens (tertiary/aromatic N) is 2. The molecule has 0 amide bonds. The molecule has 0 saturated heterocycles. The van der Waals surface area contributed by atoms with E-state index < -0.39 is 0 Å². The molecule has 0 unspecified atom stereocenters. The summed E-state index contributed by atoms with van der Waals surface area (Å²) >= 11 is 7.70. The zero-order valence-corrected chi connectivity index (χ0v) is 11.0. The standard InChI is InChI=1S/C10H16ClN3OS/c1-7-12-5-9(11)10(13-7)14-8(6-15)3-4-16-2/h5,8,15H,3-4,6H2,1-2H3,(H,12,13,14)/t8-/m0/s1. The maximum Gasteiger partial charge on any atom is 0.148 e. The molecule has 6 heteroatoms. The molecule has 0 aliphatic rings. The number of aryl methyl sites for hydroxylation is 1. The van der Waals surface area contributed by atoms with E-state index in [2.05, 4.69) is 15.3 Å². The lowest BCUT2D eigenvalue weighted by Gasteiger charge is -2.17. The molecule has 0 saturated carbocycles. The molecule has 4 nitrogen and oxygen atoms in total. The fourth-order valence-corrected chi connectivity index (χ4v) is 1.88. The number of nitrogens with one attached hydrogen (secondary N) is 1. The van der Waals surface area contributed by atoms with Crippen LogP contribution in [0.5, 0.6) is 0 Å². The fraction of sp³-hybridized carbons (Fsp3) is 0.600. The van der Waals surface area contributed by atoms with E-state index in [0.29, 0.717) is 16.7 Å². The highest BCUT2D eigenvalue weighted by atomic mass is 35.5. The molecule has 0 aliphatic heterocycles. The van der Waals surface area contributed by atoms with Crippen LogP contribution in [0.1, 0.15) is 12.2 Å². The largest absolute Gasteiger partial charge is 0.394 e. The Morgan fingerprint density at radius 1 is 1.62 bits per heavy atom. The lowest BCUT2D eigenvalue weighted by atomic mass is 10.2. The van der Waals surface area contributed by atoms with Crippen LogP contribution in [0.3, 0.4) is 0 Å². The van der Waals surface area contributed by atoms with E-state index in [1.807, 2.05) is 6.26 Å². The number of aliphatic hydroxyl groups excluding tert-OH is 1. The highest BCUT2D eigenvalue weighted by Crippen LogP contribution is 2.19. The fourth-order valence-electron chi connectivity index (χ4n) is 1.22. The highest BCUT2D eigenvalue weighted by Gasteiger charge is 2.10. The zero-order chi connectivity index (χ0) is 12.0. The van der Waals surface area contributed by atoms with Crippen molar-refractivity contribution in [1.29, 1.82) is 0 Å². The van der Waals surface area contributed by atoms with Crippen LogP contribution in [-0.4, -0.2) is 39.7 Å². The molecule has 1 aromatic heterocycles. The van der Waals surface area contributed by atoms with Gasteiger partial charge in [0, 0.05) is 0 Å². The molecule has 0 bridgehead atoms. The van der Waals surface area contributed by atoms with Gasteiger partial charge in [-0.1, -0.05) is 11.6 Å². The number of aromatic nitrogens is 2. The van der Waals surface area contributed by atoms with Crippen LogP contribution in [0.25, 0.3) is 0 Å². The first-order valence-corrected chi connectivity index (χ1v) is 6.80. The van der Waals surface area contributed by atoms with Gasteiger partial charge < -0.3 is 10.4 Å². The molecule has 2 N–H and O–H groups in total. The van der Waals surface area contributed by atoms with Crippen molar-refractivity contribution in [3.05, 3.63) is 17.0 Å². The molecule has 0 aromatic carbocycles. The molecular weight excluding hydrogens is 246 g/mol. The van der Waals surface area contributed by atoms with Crippen molar-refractivity contribution in [2.24, 2.45) is 0 Å². The van der Waals surface area contributed by atoms with Crippen LogP contribution in [-0.2, 0) is 0 Å². The monoisotopic (exact) mass is 261 g/mol. The summed E-state index contributed by atoms with van der Waals surface area (Å²) in [6, 6.07) is -0.0146. The Morgan fingerprint density at radius 2 is 2.38 bits per heavy atom. The molecule has 1 heterocycles. The topological polar surface area (TPSA) is 58.0 Å². The third-order valence-corrected chi connectivity index (χ3v) is 3.02. The van der Waals surface area contributed by atoms with Gasteiger partial charge in [0.15, 0.2) is 0 Å². The van der Waals surface area contributed by atoms with Crippen LogP contribution in [0.15, 0.2) is 6.20 Å². The van der Waals surface area contributed by atoms with Crippen molar-refractivity contribution in [2.45, 2.75) is 19.4 Å². The number of thioether (sulfide) groups is 1. The quantitative estimate of drug-likeness (QED) is 0.820. The van der Waals surface area contributed by atoms with E-state index in [1.54, 1.807) is 24.9 Å². The molecule has 1 atom stereocenters. The summed E-state index contributed by atoms with van der Waals surface area (Å²) in [5.74, 6) is 2.24. The lowest BCUT2D eigenvalue weighted by Crippen LogP contribution is -2.25. The maximum atomic E-state index is 9.22. The molecule has 0 spiro atoms. The molecule has 0 radical (unpaired) electrons. The van der Waals surface area contributed by atoms with E-state index in [1.165, 1.54) is 0 Å². The summed E-state index contributed by atoms with van der Waals surface area (Å²) in [7, 11) is 0. The Labute approximate surface area is 105 Å². The van der Waals surface area contributed by atoms with Gasteiger partial charge in [-0.2, -0.15) is 11.8 Å². The van der Waals surface area contributed by atoms with Crippen LogP contribution >= 0.6 is 23.4 Å². The van der Waals surface area contributed by atoms with Crippen molar-refractivity contribution in [3.63, 3.8) is 0 Å². The zero-order valence-electron chi connectivity index (χ0n) is 9.40. The number of halogens is 1. The van der Waals surface area contributed by atoms with Gasteiger partial charge in [-0.25, -0.2) is 9.97 Å². The van der Waals surface area contributed by atoms with Gasteiger partial charge >= 0.3 is 0 Å². The number of hydrogen-bond acceptors (Lipinski definition) is 5. The first-order valence-electron chi connectivity index (χ1n) is 5.02. The summed E-state index contributed by atoms with van der Waals surface area (Å²) in [6.07, 6.45) is 4.47. The van der Waals surface area contributed by atoms with Crippen LogP contribution < -0.4 is 5.32 Å². The lowest BCUT2D eigenvalue weighted by molar-refractivity contribution is 0.272. The number of aliphatic hydroxyl groups is 1. The second kappa shape index (κ2) is 6.93. The van der Waals surface area contributed by atoms with E-state index >= 15 is 0 Å². The van der Waals surface area contributed by atoms with Gasteiger partial charge in [-0.3, -0.25) is 0 Å². The first-order chi connectivity index (χ1) is 7.67. The van der Waals surface area contributed by atoms with Gasteiger partial charge in [0.05, 0.1) is 18.8 Å². The van der Waals surface area contributed by atoms with Crippen molar-refractivity contribution >= 4 is 29.2 Å². The third kappa shape index (κ3) is 4.15. The average molecular weight is 262 g/mol. The van der Waals surface area contributed by atoms with Crippen LogP contribution in [0, 0.1) is 6.92 Å². The van der Waals surface area contributed by atoms with Gasteiger partial charge in [-0.05, 0) is 25.4 Å². The Balaban J connectivity index is 2.65. The summed E-state index contributed by atoms with van der Waals surface area (Å²) in [6.45, 7) is 1.87. The summed E-state index contributed by atoms with van der Waals surface area (Å²) < 4.78 is 0. The predicted octanol–water partition coefficient (Wildman–Crippen LogP) is 1.96. The van der Waals surface area contributed by atoms with Gasteiger partial charge in [0.2, 0.25) is 0 Å². The van der Waals surface area contributed by atoms with Gasteiger partial charge in [0.1, 0.15) is 16.7 Å². The van der Waals surface area contributed by atoms with Gasteiger partial charge in [0.25, 0.3) is 0 Å². The molecule has 0 fully saturated rings. The second-order valence-electron chi connectivity index (χ2n) is 3.42. The van der Waals surface area contributed by atoms with E-state index in [-0.39, 0.29) is 12.6 Å². The number of anilines is 1. The summed E-state index contributed by atoms with van der Waals surface area (Å²) in [5.41, 5.74) is 0. The van der Waals surface area contributed by atoms with Crippen LogP contribution in [0.2, 0.25) is 5.02 Å². The predicted molar refractivity (Wildman–Crippen MR) is 69.3 cm³/mol. The van der Waals surface area contributed by atoms with E-state index in [9.17, 15) is 5.11 Å². The Morgan fingerprint density at radius 3 is 3.00 bits per heavy atom. The third-order valence-electron chi connectivity index (χ3n) is 2.10. The van der Waals surface area contributed by atoms with Crippen molar-refractivity contribution in [2.75, 3.05) is 23.9 Å². The highest BCUT2D eigenvalue weighted by molar-refractivity contribution is 7.98. The minimum Gasteiger partial charge on any atom is -0.394 e. The van der Waals surface area contributed by atoms with Crippen molar-refractivity contribution < 1.29 is 5.11 Å². The number of rotatable bonds is 6.